The Morgan fingerprint density at radius 3 is 2.50 bits per heavy atom. The van der Waals surface area contributed by atoms with Crippen LogP contribution in [0.5, 0.6) is 0 Å². The van der Waals surface area contributed by atoms with E-state index in [1.54, 1.807) is 18.6 Å². The highest BCUT2D eigenvalue weighted by Crippen LogP contribution is 2.28. The monoisotopic (exact) mass is 431 g/mol. The Kier molecular flexibility index (Phi) is 5.51. The molecule has 10 heteroatoms. The Balaban J connectivity index is 1.46. The number of ether oxygens (including phenoxy) is 1. The number of imidazole rings is 1. The summed E-state index contributed by atoms with van der Waals surface area (Å²) in [6.45, 7) is 7.53. The van der Waals surface area contributed by atoms with Gasteiger partial charge in [-0.1, -0.05) is 0 Å². The number of morpholine rings is 1. The Labute approximate surface area is 185 Å². The summed E-state index contributed by atoms with van der Waals surface area (Å²) in [5.74, 6) is 1.69. The molecule has 4 aromatic rings. The van der Waals surface area contributed by atoms with Gasteiger partial charge in [0.15, 0.2) is 17.0 Å². The first-order valence-corrected chi connectivity index (χ1v) is 10.6. The number of benzene rings is 1. The van der Waals surface area contributed by atoms with Gasteiger partial charge in [0.25, 0.3) is 0 Å². The van der Waals surface area contributed by atoms with Crippen LogP contribution >= 0.6 is 0 Å². The molecule has 1 saturated heterocycles. The number of nitrogens with zero attached hydrogens (tertiary/aromatic N) is 7. The zero-order valence-electron chi connectivity index (χ0n) is 18.1. The third-order valence-corrected chi connectivity index (χ3v) is 5.31. The number of aromatic nitrogens is 6. The van der Waals surface area contributed by atoms with Crippen molar-refractivity contribution in [2.75, 3.05) is 41.8 Å². The third kappa shape index (κ3) is 4.17. The molecule has 0 amide bonds. The van der Waals surface area contributed by atoms with Crippen molar-refractivity contribution in [1.82, 2.24) is 29.5 Å². The van der Waals surface area contributed by atoms with Crippen molar-refractivity contribution in [2.24, 2.45) is 0 Å². The average Bonchev–Trinajstić information content (AvgIpc) is 3.25. The van der Waals surface area contributed by atoms with Crippen molar-refractivity contribution in [3.8, 4) is 0 Å². The molecule has 0 saturated carbocycles. The maximum Gasteiger partial charge on any atom is 0.232 e. The molecule has 0 spiro atoms. The molecule has 0 unspecified atom stereocenters. The third-order valence-electron chi connectivity index (χ3n) is 5.31. The molecular weight excluding hydrogens is 406 g/mol. The predicted octanol–water partition coefficient (Wildman–Crippen LogP) is 3.52. The van der Waals surface area contributed by atoms with Crippen molar-refractivity contribution in [2.45, 2.75) is 19.9 Å². The van der Waals surface area contributed by atoms with E-state index in [0.717, 1.165) is 37.6 Å². The first-order valence-electron chi connectivity index (χ1n) is 10.6. The molecule has 1 aliphatic rings. The zero-order chi connectivity index (χ0) is 21.9. The molecule has 10 nitrogen and oxygen atoms in total. The fourth-order valence-electron chi connectivity index (χ4n) is 3.63. The molecule has 2 N–H and O–H groups in total. The molecule has 1 fully saturated rings. The lowest BCUT2D eigenvalue weighted by Gasteiger charge is -2.28. The van der Waals surface area contributed by atoms with Crippen molar-refractivity contribution in [3.63, 3.8) is 0 Å². The van der Waals surface area contributed by atoms with E-state index in [1.165, 1.54) is 12.0 Å². The van der Waals surface area contributed by atoms with Gasteiger partial charge < -0.3 is 24.8 Å². The number of rotatable bonds is 6. The van der Waals surface area contributed by atoms with Gasteiger partial charge in [-0.3, -0.25) is 0 Å². The van der Waals surface area contributed by atoms with Gasteiger partial charge in [-0.05, 0) is 44.2 Å². The molecule has 1 aromatic carbocycles. The number of hydrogen-bond acceptors (Lipinski definition) is 9. The van der Waals surface area contributed by atoms with Crippen LogP contribution in [0.25, 0.3) is 11.2 Å². The molecule has 1 aliphatic heterocycles. The van der Waals surface area contributed by atoms with Crippen molar-refractivity contribution < 1.29 is 4.74 Å². The second kappa shape index (κ2) is 8.75. The summed E-state index contributed by atoms with van der Waals surface area (Å²) in [7, 11) is 0. The zero-order valence-corrected chi connectivity index (χ0v) is 18.1. The summed E-state index contributed by atoms with van der Waals surface area (Å²) in [5, 5.41) is 6.57. The Morgan fingerprint density at radius 1 is 0.969 bits per heavy atom. The van der Waals surface area contributed by atoms with Crippen molar-refractivity contribution in [3.05, 3.63) is 49.2 Å². The smallest absolute Gasteiger partial charge is 0.232 e. The highest BCUT2D eigenvalue weighted by atomic mass is 16.5. The van der Waals surface area contributed by atoms with Crippen LogP contribution in [0.3, 0.4) is 0 Å². The Morgan fingerprint density at radius 2 is 1.78 bits per heavy atom. The molecule has 3 aromatic heterocycles. The second-order valence-corrected chi connectivity index (χ2v) is 7.80. The first-order chi connectivity index (χ1) is 15.7. The summed E-state index contributed by atoms with van der Waals surface area (Å²) in [4.78, 5) is 24.4. The first kappa shape index (κ1) is 20.1. The molecule has 0 atom stereocenters. The van der Waals surface area contributed by atoms with Gasteiger partial charge in [-0.25, -0.2) is 15.0 Å². The Hall–Kier alpha value is -3.79. The van der Waals surface area contributed by atoms with Crippen molar-refractivity contribution in [1.29, 1.82) is 0 Å². The molecule has 0 radical (unpaired) electrons. The highest BCUT2D eigenvalue weighted by Gasteiger charge is 2.16. The van der Waals surface area contributed by atoms with E-state index in [-0.39, 0.29) is 6.04 Å². The van der Waals surface area contributed by atoms with E-state index in [1.807, 2.05) is 4.57 Å². The van der Waals surface area contributed by atoms with Gasteiger partial charge in [0.2, 0.25) is 5.95 Å². The fourth-order valence-corrected chi connectivity index (χ4v) is 3.63. The van der Waals surface area contributed by atoms with Crippen LogP contribution in [0.4, 0.5) is 29.0 Å². The van der Waals surface area contributed by atoms with E-state index in [9.17, 15) is 0 Å². The van der Waals surface area contributed by atoms with Gasteiger partial charge in [0, 0.05) is 36.7 Å². The molecule has 5 rings (SSSR count). The average molecular weight is 432 g/mol. The largest absolute Gasteiger partial charge is 0.378 e. The van der Waals surface area contributed by atoms with Gasteiger partial charge in [-0.2, -0.15) is 9.97 Å². The molecule has 32 heavy (non-hydrogen) atoms. The summed E-state index contributed by atoms with van der Waals surface area (Å²) < 4.78 is 7.47. The quantitative estimate of drug-likeness (QED) is 0.474. The summed E-state index contributed by atoms with van der Waals surface area (Å²) >= 11 is 0. The van der Waals surface area contributed by atoms with Crippen LogP contribution in [0.15, 0.2) is 49.2 Å². The van der Waals surface area contributed by atoms with E-state index >= 15 is 0 Å². The van der Waals surface area contributed by atoms with Crippen LogP contribution in [0, 0.1) is 0 Å². The van der Waals surface area contributed by atoms with Crippen molar-refractivity contribution >= 4 is 40.1 Å². The summed E-state index contributed by atoms with van der Waals surface area (Å²) in [6, 6.07) is 10.3. The topological polar surface area (TPSA) is 106 Å². The van der Waals surface area contributed by atoms with Gasteiger partial charge in [0.05, 0.1) is 19.5 Å². The van der Waals surface area contributed by atoms with E-state index in [4.69, 9.17) is 4.74 Å². The minimum absolute atomic E-state index is 0.211. The van der Waals surface area contributed by atoms with Crippen LogP contribution in [-0.4, -0.2) is 55.8 Å². The number of fused-ring (bicyclic) bond motifs is 1. The van der Waals surface area contributed by atoms with Crippen LogP contribution in [0.2, 0.25) is 0 Å². The minimum Gasteiger partial charge on any atom is -0.378 e. The Bertz CT molecular complexity index is 1190. The van der Waals surface area contributed by atoms with Crippen LogP contribution in [-0.2, 0) is 4.74 Å². The van der Waals surface area contributed by atoms with E-state index < -0.39 is 0 Å². The molecule has 164 valence electrons. The maximum atomic E-state index is 5.45. The molecule has 0 aliphatic carbocycles. The van der Waals surface area contributed by atoms with Gasteiger partial charge >= 0.3 is 0 Å². The predicted molar refractivity (Wildman–Crippen MR) is 124 cm³/mol. The van der Waals surface area contributed by atoms with Crippen LogP contribution < -0.4 is 15.5 Å². The second-order valence-electron chi connectivity index (χ2n) is 7.80. The highest BCUT2D eigenvalue weighted by molar-refractivity contribution is 5.87. The summed E-state index contributed by atoms with van der Waals surface area (Å²) in [6.07, 6.45) is 4.95. The fraction of sp³-hybridized carbons (Fsp3) is 0.318. The van der Waals surface area contributed by atoms with E-state index in [2.05, 4.69) is 78.6 Å². The number of nitrogens with one attached hydrogen (secondary N) is 2. The lowest BCUT2D eigenvalue weighted by atomic mass is 10.2. The standard InChI is InChI=1S/C22H25N9O/c1-15(2)31-14-25-19-20(28-22(29-21(19)31)27-18-7-8-23-13-24-18)26-16-3-5-17(6-4-16)30-9-11-32-12-10-30/h3-8,13-15H,9-12H2,1-2H3,(H2,23,24,26,27,28,29). The maximum absolute atomic E-state index is 5.45. The summed E-state index contributed by atoms with van der Waals surface area (Å²) in [5.41, 5.74) is 3.57. The lowest BCUT2D eigenvalue weighted by molar-refractivity contribution is 0.122. The number of hydrogen-bond donors (Lipinski definition) is 2. The molecule has 0 bridgehead atoms. The van der Waals surface area contributed by atoms with Gasteiger partial charge in [0.1, 0.15) is 12.1 Å². The van der Waals surface area contributed by atoms with Gasteiger partial charge in [-0.15, -0.1) is 0 Å². The SMILES string of the molecule is CC(C)n1cnc2c(Nc3ccc(N4CCOCC4)cc3)nc(Nc3ccncn3)nc21. The normalized spacial score (nSPS) is 14.2. The molecule has 4 heterocycles. The number of anilines is 5. The van der Waals surface area contributed by atoms with Crippen LogP contribution in [0.1, 0.15) is 19.9 Å². The minimum atomic E-state index is 0.211. The molecular formula is C22H25N9O. The van der Waals surface area contributed by atoms with E-state index in [0.29, 0.717) is 23.1 Å². The lowest BCUT2D eigenvalue weighted by Crippen LogP contribution is -2.36.